The van der Waals surface area contributed by atoms with Gasteiger partial charge in [0, 0.05) is 11.4 Å². The molecular weight excluding hydrogens is 390 g/mol. The SMILES string of the molecule is [2H]N(C(=O)C(N)c1ccc(Cl)cc1)[C@H](C(=O)N[C@@H](CCC(=O)O)C(=O)O)C(C)C. The summed E-state index contributed by atoms with van der Waals surface area (Å²) in [6, 6.07) is 2.10. The van der Waals surface area contributed by atoms with Gasteiger partial charge in [-0.25, -0.2) is 4.79 Å². The number of nitrogens with one attached hydrogen (secondary N) is 2. The molecule has 0 aliphatic carbocycles. The van der Waals surface area contributed by atoms with Crippen molar-refractivity contribution >= 4 is 35.4 Å². The lowest BCUT2D eigenvalue weighted by Gasteiger charge is -2.25. The summed E-state index contributed by atoms with van der Waals surface area (Å²) >= 11 is 5.80. The molecule has 1 aromatic rings. The van der Waals surface area contributed by atoms with Crippen molar-refractivity contribution in [2.75, 3.05) is 0 Å². The van der Waals surface area contributed by atoms with Crippen molar-refractivity contribution in [3.05, 3.63) is 34.9 Å². The summed E-state index contributed by atoms with van der Waals surface area (Å²) < 4.78 is 8.12. The van der Waals surface area contributed by atoms with Crippen LogP contribution in [0.1, 0.15) is 38.3 Å². The maximum atomic E-state index is 12.6. The van der Waals surface area contributed by atoms with Crippen molar-refractivity contribution in [3.8, 4) is 0 Å². The van der Waals surface area contributed by atoms with E-state index in [4.69, 9.17) is 23.9 Å². The van der Waals surface area contributed by atoms with Crippen molar-refractivity contribution in [3.63, 3.8) is 0 Å². The monoisotopic (exact) mass is 414 g/mol. The van der Waals surface area contributed by atoms with E-state index in [1.54, 1.807) is 13.8 Å². The van der Waals surface area contributed by atoms with Crippen LogP contribution in [0.15, 0.2) is 24.3 Å². The van der Waals surface area contributed by atoms with Gasteiger partial charge in [0.05, 0.1) is 0 Å². The molecule has 0 heterocycles. The van der Waals surface area contributed by atoms with Gasteiger partial charge in [-0.3, -0.25) is 14.4 Å². The molecule has 1 rings (SSSR count). The molecule has 0 fully saturated rings. The number of hydrogen-bond acceptors (Lipinski definition) is 5. The van der Waals surface area contributed by atoms with E-state index in [1.165, 1.54) is 24.3 Å². The highest BCUT2D eigenvalue weighted by molar-refractivity contribution is 6.30. The number of carboxylic acids is 2. The lowest BCUT2D eigenvalue weighted by Crippen LogP contribution is -2.55. The second-order valence-electron chi connectivity index (χ2n) is 6.52. The molecule has 0 aromatic heterocycles. The first-order chi connectivity index (χ1) is 13.5. The van der Waals surface area contributed by atoms with Crippen LogP contribution in [-0.2, 0) is 19.2 Å². The number of carbonyl (C=O) groups is 4. The van der Waals surface area contributed by atoms with Gasteiger partial charge >= 0.3 is 11.9 Å². The molecule has 1 unspecified atom stereocenters. The van der Waals surface area contributed by atoms with Gasteiger partial charge in [0.1, 0.15) is 18.1 Å². The maximum Gasteiger partial charge on any atom is 0.326 e. The molecule has 1 aromatic carbocycles. The minimum absolute atomic E-state index is 0.336. The molecule has 0 spiro atoms. The Morgan fingerprint density at radius 1 is 1.14 bits per heavy atom. The topological polar surface area (TPSA) is 159 Å². The van der Waals surface area contributed by atoms with Crippen molar-refractivity contribution in [2.45, 2.75) is 44.8 Å². The van der Waals surface area contributed by atoms with Gasteiger partial charge in [0.2, 0.25) is 11.8 Å². The van der Waals surface area contributed by atoms with E-state index >= 15 is 0 Å². The Labute approximate surface area is 168 Å². The first-order valence-corrected chi connectivity index (χ1v) is 8.91. The molecule has 0 saturated heterocycles. The zero-order chi connectivity index (χ0) is 22.3. The van der Waals surface area contributed by atoms with E-state index in [0.717, 1.165) is 0 Å². The van der Waals surface area contributed by atoms with Crippen molar-refractivity contribution in [1.82, 2.24) is 10.6 Å². The van der Waals surface area contributed by atoms with Crippen molar-refractivity contribution in [2.24, 2.45) is 11.7 Å². The summed E-state index contributed by atoms with van der Waals surface area (Å²) in [4.78, 5) is 47.2. The zero-order valence-corrected chi connectivity index (χ0v) is 16.2. The number of benzene rings is 1. The van der Waals surface area contributed by atoms with E-state index in [9.17, 15) is 24.3 Å². The highest BCUT2D eigenvalue weighted by Gasteiger charge is 2.30. The van der Waals surface area contributed by atoms with Crippen LogP contribution in [0, 0.1) is 5.92 Å². The van der Waals surface area contributed by atoms with E-state index < -0.39 is 54.2 Å². The predicted molar refractivity (Wildman–Crippen MR) is 102 cm³/mol. The summed E-state index contributed by atoms with van der Waals surface area (Å²) in [5, 5.41) is 21.0. The molecule has 154 valence electrons. The third-order valence-corrected chi connectivity index (χ3v) is 4.18. The normalized spacial score (nSPS) is 14.5. The molecular formula is C18H24ClN3O6. The fourth-order valence-electron chi connectivity index (χ4n) is 2.32. The van der Waals surface area contributed by atoms with Gasteiger partial charge in [-0.15, -0.1) is 0 Å². The van der Waals surface area contributed by atoms with Gasteiger partial charge in [-0.05, 0) is 30.0 Å². The number of amides is 2. The molecule has 28 heavy (non-hydrogen) atoms. The number of hydrogen-bond donors (Lipinski definition) is 5. The molecule has 10 heteroatoms. The lowest BCUT2D eigenvalue weighted by molar-refractivity contribution is -0.143. The third kappa shape index (κ3) is 7.16. The molecule has 0 aliphatic rings. The summed E-state index contributed by atoms with van der Waals surface area (Å²) in [7, 11) is 0. The molecule has 9 nitrogen and oxygen atoms in total. The third-order valence-electron chi connectivity index (χ3n) is 3.92. The minimum atomic E-state index is -1.46. The fraction of sp³-hybridized carbons (Fsp3) is 0.444. The summed E-state index contributed by atoms with van der Waals surface area (Å²) in [5.74, 6) is -4.91. The van der Waals surface area contributed by atoms with Crippen LogP contribution >= 0.6 is 11.6 Å². The van der Waals surface area contributed by atoms with Gasteiger partial charge in [0.25, 0.3) is 0 Å². The fourth-order valence-corrected chi connectivity index (χ4v) is 2.45. The van der Waals surface area contributed by atoms with Gasteiger partial charge in [0.15, 0.2) is 1.41 Å². The first kappa shape index (κ1) is 21.6. The van der Waals surface area contributed by atoms with Crippen molar-refractivity contribution in [1.29, 1.82) is 0 Å². The molecule has 3 atom stereocenters. The van der Waals surface area contributed by atoms with Gasteiger partial charge in [-0.2, -0.15) is 0 Å². The highest BCUT2D eigenvalue weighted by atomic mass is 35.5. The second-order valence-corrected chi connectivity index (χ2v) is 6.95. The lowest BCUT2D eigenvalue weighted by atomic mass is 10.0. The van der Waals surface area contributed by atoms with Gasteiger partial charge in [-0.1, -0.05) is 37.6 Å². The Kier molecular flexibility index (Phi) is 8.21. The molecule has 2 amide bonds. The number of carboxylic acid groups (broad SMARTS) is 2. The zero-order valence-electron chi connectivity index (χ0n) is 16.5. The summed E-state index contributed by atoms with van der Waals surface area (Å²) in [6.45, 7) is 3.17. The molecule has 0 aliphatic heterocycles. The van der Waals surface area contributed by atoms with Crippen LogP contribution in [-0.4, -0.2) is 46.0 Å². The van der Waals surface area contributed by atoms with E-state index in [0.29, 0.717) is 15.9 Å². The average Bonchev–Trinajstić information content (AvgIpc) is 2.63. The van der Waals surface area contributed by atoms with Crippen LogP contribution in [0.2, 0.25) is 6.43 Å². The Hall–Kier alpha value is -2.65. The molecule has 0 bridgehead atoms. The van der Waals surface area contributed by atoms with Crippen LogP contribution in [0.25, 0.3) is 0 Å². The first-order valence-electron chi connectivity index (χ1n) is 8.98. The number of carbonyl (C=O) groups excluding carboxylic acids is 2. The van der Waals surface area contributed by atoms with Crippen LogP contribution < -0.4 is 16.4 Å². The number of rotatable bonds is 10. The minimum Gasteiger partial charge on any atom is -0.481 e. The van der Waals surface area contributed by atoms with E-state index in [2.05, 4.69) is 5.32 Å². The highest BCUT2D eigenvalue weighted by Crippen LogP contribution is 2.16. The predicted octanol–water partition coefficient (Wildman–Crippen LogP) is 0.915. The Bertz CT molecular complexity index is 758. The average molecular weight is 415 g/mol. The van der Waals surface area contributed by atoms with Crippen LogP contribution in [0.4, 0.5) is 0 Å². The summed E-state index contributed by atoms with van der Waals surface area (Å²) in [5.41, 5.74) is 6.31. The van der Waals surface area contributed by atoms with Crippen molar-refractivity contribution < 1.29 is 30.8 Å². The Morgan fingerprint density at radius 2 is 1.71 bits per heavy atom. The number of halogens is 1. The Morgan fingerprint density at radius 3 is 2.18 bits per heavy atom. The van der Waals surface area contributed by atoms with E-state index in [-0.39, 0.29) is 6.42 Å². The molecule has 6 N–H and O–H groups in total. The standard InChI is InChI=1S/C18H24ClN3O6/c1-9(2)15(17(26)21-12(18(27)28)7-8-13(23)24)22-16(25)14(20)10-3-5-11(19)6-4-10/h3-6,9,12,14-15H,7-8,20H2,1-2H3,(H,21,26)(H,22,25)(H,23,24)(H,27,28)/t12-,14?,15-/m0/s1/i/hD. The number of nitrogens with two attached hydrogens (primary N) is 1. The quantitative estimate of drug-likeness (QED) is 0.380. The largest absolute Gasteiger partial charge is 0.481 e. The van der Waals surface area contributed by atoms with Crippen LogP contribution in [0.3, 0.4) is 0 Å². The maximum absolute atomic E-state index is 12.6. The Balaban J connectivity index is 2.96. The number of aliphatic carboxylic acids is 2. The molecule has 0 radical (unpaired) electrons. The van der Waals surface area contributed by atoms with Crippen LogP contribution in [0.5, 0.6) is 0 Å². The van der Waals surface area contributed by atoms with Gasteiger partial charge < -0.3 is 26.6 Å². The molecule has 0 saturated carbocycles. The summed E-state index contributed by atoms with van der Waals surface area (Å²) in [6.07, 6.45) is -0.800. The smallest absolute Gasteiger partial charge is 0.326 e. The second kappa shape index (κ2) is 10.6. The van der Waals surface area contributed by atoms with E-state index in [1.807, 2.05) is 0 Å².